The van der Waals surface area contributed by atoms with Crippen molar-refractivity contribution in [1.29, 1.82) is 0 Å². The van der Waals surface area contributed by atoms with Gasteiger partial charge in [-0.05, 0) is 24.3 Å². The minimum atomic E-state index is -4.60. The van der Waals surface area contributed by atoms with Crippen molar-refractivity contribution >= 4 is 29.1 Å². The standard InChI is InChI=1S/C15H17F3N4O4/c16-15(17,18)8-20-12(13(19)24)14(25)21-9-1-3-10(4-2-9)22-5-6-26-7-11(22)23/h1-4,12,20H,5-8H2,(H2,19,24)(H,21,25)/t12-/m0/s1. The van der Waals surface area contributed by atoms with Gasteiger partial charge in [0.1, 0.15) is 6.61 Å². The van der Waals surface area contributed by atoms with Gasteiger partial charge in [-0.2, -0.15) is 13.2 Å². The second kappa shape index (κ2) is 8.15. The molecule has 0 aromatic heterocycles. The van der Waals surface area contributed by atoms with Crippen LogP contribution in [0.25, 0.3) is 0 Å². The van der Waals surface area contributed by atoms with E-state index in [0.717, 1.165) is 0 Å². The summed E-state index contributed by atoms with van der Waals surface area (Å²) in [5, 5.41) is 4.07. The molecule has 4 N–H and O–H groups in total. The number of nitrogens with zero attached hydrogens (tertiary/aromatic N) is 1. The molecular weight excluding hydrogens is 357 g/mol. The lowest BCUT2D eigenvalue weighted by Crippen LogP contribution is -2.52. The normalized spacial score (nSPS) is 16.3. The number of nitrogens with one attached hydrogen (secondary N) is 2. The van der Waals surface area contributed by atoms with E-state index in [9.17, 15) is 27.6 Å². The largest absolute Gasteiger partial charge is 0.401 e. The predicted octanol–water partition coefficient (Wildman–Crippen LogP) is -0.00590. The van der Waals surface area contributed by atoms with Gasteiger partial charge in [0.15, 0.2) is 6.04 Å². The lowest BCUT2D eigenvalue weighted by Gasteiger charge is -2.27. The topological polar surface area (TPSA) is 114 Å². The van der Waals surface area contributed by atoms with Gasteiger partial charge in [0, 0.05) is 17.9 Å². The summed E-state index contributed by atoms with van der Waals surface area (Å²) >= 11 is 0. The molecule has 1 fully saturated rings. The molecule has 1 aromatic rings. The van der Waals surface area contributed by atoms with Crippen molar-refractivity contribution in [3.63, 3.8) is 0 Å². The third kappa shape index (κ3) is 5.43. The van der Waals surface area contributed by atoms with Crippen molar-refractivity contribution < 1.29 is 32.3 Å². The number of ether oxygens (including phenoxy) is 1. The molecule has 0 saturated carbocycles. The Morgan fingerprint density at radius 2 is 1.92 bits per heavy atom. The number of alkyl halides is 3. The fraction of sp³-hybridized carbons (Fsp3) is 0.400. The minimum Gasteiger partial charge on any atom is -0.370 e. The van der Waals surface area contributed by atoms with Gasteiger partial charge in [-0.25, -0.2) is 0 Å². The molecule has 1 aliphatic heterocycles. The van der Waals surface area contributed by atoms with Crippen molar-refractivity contribution in [2.24, 2.45) is 5.73 Å². The van der Waals surface area contributed by atoms with Crippen LogP contribution in [-0.2, 0) is 19.1 Å². The maximum Gasteiger partial charge on any atom is 0.401 e. The Bertz CT molecular complexity index is 678. The summed E-state index contributed by atoms with van der Waals surface area (Å²) in [6.07, 6.45) is -4.60. The van der Waals surface area contributed by atoms with E-state index < -0.39 is 30.6 Å². The molecule has 1 aliphatic rings. The van der Waals surface area contributed by atoms with Crippen LogP contribution in [0, 0.1) is 0 Å². The summed E-state index contributed by atoms with van der Waals surface area (Å²) in [7, 11) is 0. The van der Waals surface area contributed by atoms with Gasteiger partial charge >= 0.3 is 6.18 Å². The molecule has 1 atom stereocenters. The molecule has 0 spiro atoms. The van der Waals surface area contributed by atoms with Crippen LogP contribution in [0.5, 0.6) is 0 Å². The molecule has 2 rings (SSSR count). The van der Waals surface area contributed by atoms with Crippen LogP contribution < -0.4 is 21.3 Å². The molecule has 0 aliphatic carbocycles. The van der Waals surface area contributed by atoms with Crippen LogP contribution in [0.4, 0.5) is 24.5 Å². The summed E-state index contributed by atoms with van der Waals surface area (Å²) in [5.41, 5.74) is 5.79. The van der Waals surface area contributed by atoms with Crippen LogP contribution in [0.15, 0.2) is 24.3 Å². The SMILES string of the molecule is NC(=O)[C@H](NCC(F)(F)F)C(=O)Nc1ccc(N2CCOCC2=O)cc1. The van der Waals surface area contributed by atoms with Crippen LogP contribution in [0.2, 0.25) is 0 Å². The fourth-order valence-corrected chi connectivity index (χ4v) is 2.27. The number of anilines is 2. The fourth-order valence-electron chi connectivity index (χ4n) is 2.27. The molecule has 142 valence electrons. The smallest absolute Gasteiger partial charge is 0.370 e. The van der Waals surface area contributed by atoms with Gasteiger partial charge < -0.3 is 20.7 Å². The Morgan fingerprint density at radius 3 is 2.46 bits per heavy atom. The van der Waals surface area contributed by atoms with Gasteiger partial charge in [-0.15, -0.1) is 0 Å². The van der Waals surface area contributed by atoms with Crippen LogP contribution in [-0.4, -0.2) is 56.2 Å². The number of halogens is 3. The van der Waals surface area contributed by atoms with E-state index in [1.807, 2.05) is 0 Å². The molecule has 0 unspecified atom stereocenters. The number of hydrogen-bond acceptors (Lipinski definition) is 5. The number of amides is 3. The monoisotopic (exact) mass is 374 g/mol. The highest BCUT2D eigenvalue weighted by atomic mass is 19.4. The molecule has 1 aromatic carbocycles. The number of carbonyl (C=O) groups is 3. The maximum atomic E-state index is 12.2. The van der Waals surface area contributed by atoms with Gasteiger partial charge in [0.05, 0.1) is 13.2 Å². The number of primary amides is 1. The Kier molecular flexibility index (Phi) is 6.16. The number of hydrogen-bond donors (Lipinski definition) is 3. The first-order chi connectivity index (χ1) is 12.2. The van der Waals surface area contributed by atoms with Crippen LogP contribution in [0.3, 0.4) is 0 Å². The summed E-state index contributed by atoms with van der Waals surface area (Å²) in [5.74, 6) is -2.46. The first kappa shape index (κ1) is 19.7. The zero-order valence-corrected chi connectivity index (χ0v) is 13.5. The Hall–Kier alpha value is -2.66. The second-order valence-corrected chi connectivity index (χ2v) is 5.47. The highest BCUT2D eigenvalue weighted by molar-refractivity contribution is 6.09. The Balaban J connectivity index is 2.01. The summed E-state index contributed by atoms with van der Waals surface area (Å²) < 4.78 is 41.7. The van der Waals surface area contributed by atoms with E-state index in [1.165, 1.54) is 17.0 Å². The molecule has 1 heterocycles. The van der Waals surface area contributed by atoms with Gasteiger partial charge in [0.2, 0.25) is 5.91 Å². The second-order valence-electron chi connectivity index (χ2n) is 5.47. The first-order valence-electron chi connectivity index (χ1n) is 7.56. The molecule has 8 nitrogen and oxygen atoms in total. The van der Waals surface area contributed by atoms with E-state index >= 15 is 0 Å². The quantitative estimate of drug-likeness (QED) is 0.607. The maximum absolute atomic E-state index is 12.2. The average molecular weight is 374 g/mol. The van der Waals surface area contributed by atoms with Crippen LogP contribution >= 0.6 is 0 Å². The molecule has 26 heavy (non-hydrogen) atoms. The molecule has 0 radical (unpaired) electrons. The molecule has 1 saturated heterocycles. The third-order valence-corrected chi connectivity index (χ3v) is 3.49. The van der Waals surface area contributed by atoms with Crippen molar-refractivity contribution in [3.05, 3.63) is 24.3 Å². The zero-order chi connectivity index (χ0) is 19.3. The molecule has 3 amide bonds. The number of nitrogens with two attached hydrogens (primary N) is 1. The minimum absolute atomic E-state index is 0.0242. The van der Waals surface area contributed by atoms with Crippen molar-refractivity contribution in [1.82, 2.24) is 5.32 Å². The lowest BCUT2D eigenvalue weighted by atomic mass is 10.2. The molecule has 11 heteroatoms. The van der Waals surface area contributed by atoms with E-state index in [1.54, 1.807) is 17.4 Å². The van der Waals surface area contributed by atoms with Crippen molar-refractivity contribution in [3.8, 4) is 0 Å². The van der Waals surface area contributed by atoms with E-state index in [2.05, 4.69) is 5.32 Å². The molecular formula is C15H17F3N4O4. The van der Waals surface area contributed by atoms with Crippen molar-refractivity contribution in [2.45, 2.75) is 12.2 Å². The van der Waals surface area contributed by atoms with E-state index in [0.29, 0.717) is 18.8 Å². The highest BCUT2D eigenvalue weighted by Gasteiger charge is 2.32. The first-order valence-corrected chi connectivity index (χ1v) is 7.56. The summed E-state index contributed by atoms with van der Waals surface area (Å²) in [4.78, 5) is 36.5. The number of carbonyl (C=O) groups excluding carboxylic acids is 3. The Morgan fingerprint density at radius 1 is 1.27 bits per heavy atom. The van der Waals surface area contributed by atoms with Gasteiger partial charge in [0.25, 0.3) is 11.8 Å². The van der Waals surface area contributed by atoms with E-state index in [4.69, 9.17) is 10.5 Å². The highest BCUT2D eigenvalue weighted by Crippen LogP contribution is 2.20. The number of benzene rings is 1. The zero-order valence-electron chi connectivity index (χ0n) is 13.5. The lowest BCUT2D eigenvalue weighted by molar-refractivity contribution is -0.135. The Labute approximate surface area is 146 Å². The predicted molar refractivity (Wildman–Crippen MR) is 85.3 cm³/mol. The van der Waals surface area contributed by atoms with Gasteiger partial charge in [-0.3, -0.25) is 19.7 Å². The third-order valence-electron chi connectivity index (χ3n) is 3.49. The number of rotatable bonds is 6. The van der Waals surface area contributed by atoms with E-state index in [-0.39, 0.29) is 18.2 Å². The van der Waals surface area contributed by atoms with Gasteiger partial charge in [-0.1, -0.05) is 0 Å². The number of morpholine rings is 1. The van der Waals surface area contributed by atoms with Crippen LogP contribution in [0.1, 0.15) is 0 Å². The average Bonchev–Trinajstić information content (AvgIpc) is 2.55. The van der Waals surface area contributed by atoms with Crippen molar-refractivity contribution in [2.75, 3.05) is 36.5 Å². The molecule has 0 bridgehead atoms. The summed E-state index contributed by atoms with van der Waals surface area (Å²) in [6.45, 7) is -0.777. The summed E-state index contributed by atoms with van der Waals surface area (Å²) in [6, 6.07) is 4.19.